The predicted octanol–water partition coefficient (Wildman–Crippen LogP) is 3.83. The van der Waals surface area contributed by atoms with Crippen molar-refractivity contribution >= 4 is 17.9 Å². The van der Waals surface area contributed by atoms with Gasteiger partial charge in [-0.1, -0.05) is 79.4 Å². The standard InChI is InChI=1S/C31H34N2O4/c1-2-21-12-15-23(16-13-21)30(36)32-20-26(34)18-25(17-14-22-8-4-3-5-9-22)31(37)33-29-27-11-7-6-10-24(27)19-28(29)35/h2-13,15-16,25-26,28-29,34-35H,1,14,17-20H2,(H,32,36)(H,33,37). The van der Waals surface area contributed by atoms with E-state index in [9.17, 15) is 19.8 Å². The average molecular weight is 499 g/mol. The van der Waals surface area contributed by atoms with Crippen molar-refractivity contribution < 1.29 is 19.8 Å². The first-order chi connectivity index (χ1) is 17.9. The van der Waals surface area contributed by atoms with Crippen LogP contribution in [0.2, 0.25) is 0 Å². The fourth-order valence-electron chi connectivity index (χ4n) is 4.86. The molecule has 6 nitrogen and oxygen atoms in total. The van der Waals surface area contributed by atoms with E-state index in [2.05, 4.69) is 17.2 Å². The Balaban J connectivity index is 1.39. The Hall–Kier alpha value is -3.74. The minimum Gasteiger partial charge on any atom is -0.391 e. The number of hydrogen-bond acceptors (Lipinski definition) is 4. The molecule has 37 heavy (non-hydrogen) atoms. The molecule has 0 heterocycles. The second kappa shape index (κ2) is 12.5. The maximum atomic E-state index is 13.4. The molecule has 0 radical (unpaired) electrons. The van der Waals surface area contributed by atoms with E-state index < -0.39 is 24.2 Å². The Morgan fingerprint density at radius 3 is 2.43 bits per heavy atom. The normalized spacial score (nSPS) is 17.9. The van der Waals surface area contributed by atoms with Crippen LogP contribution >= 0.6 is 0 Å². The molecule has 4 atom stereocenters. The quantitative estimate of drug-likeness (QED) is 0.323. The number of rotatable bonds is 11. The Bertz CT molecular complexity index is 1210. The van der Waals surface area contributed by atoms with Crippen molar-refractivity contribution in [1.29, 1.82) is 0 Å². The van der Waals surface area contributed by atoms with Gasteiger partial charge in [0.05, 0.1) is 18.2 Å². The number of carbonyl (C=O) groups excluding carboxylic acids is 2. The lowest BCUT2D eigenvalue weighted by Gasteiger charge is -2.24. The maximum absolute atomic E-state index is 13.4. The highest BCUT2D eigenvalue weighted by molar-refractivity contribution is 5.94. The summed E-state index contributed by atoms with van der Waals surface area (Å²) in [6.45, 7) is 3.74. The third kappa shape index (κ3) is 6.94. The lowest BCUT2D eigenvalue weighted by Crippen LogP contribution is -2.40. The van der Waals surface area contributed by atoms with Gasteiger partial charge in [0.1, 0.15) is 0 Å². The van der Waals surface area contributed by atoms with Gasteiger partial charge in [-0.3, -0.25) is 9.59 Å². The molecule has 0 fully saturated rings. The number of aryl methyl sites for hydroxylation is 1. The van der Waals surface area contributed by atoms with E-state index in [1.807, 2.05) is 54.6 Å². The van der Waals surface area contributed by atoms with Crippen molar-refractivity contribution in [2.45, 2.75) is 43.9 Å². The van der Waals surface area contributed by atoms with Crippen LogP contribution in [0.15, 0.2) is 85.4 Å². The van der Waals surface area contributed by atoms with E-state index in [-0.39, 0.29) is 24.8 Å². The molecule has 4 N–H and O–H groups in total. The minimum atomic E-state index is -0.899. The van der Waals surface area contributed by atoms with Crippen molar-refractivity contribution in [2.75, 3.05) is 6.54 Å². The summed E-state index contributed by atoms with van der Waals surface area (Å²) in [5.74, 6) is -0.980. The third-order valence-corrected chi connectivity index (χ3v) is 6.96. The molecule has 0 aliphatic heterocycles. The monoisotopic (exact) mass is 498 g/mol. The number of aliphatic hydroxyl groups is 2. The Kier molecular flexibility index (Phi) is 8.88. The summed E-state index contributed by atoms with van der Waals surface area (Å²) in [4.78, 5) is 25.9. The number of benzene rings is 3. The van der Waals surface area contributed by atoms with E-state index in [4.69, 9.17) is 0 Å². The van der Waals surface area contributed by atoms with Crippen LogP contribution in [-0.4, -0.2) is 40.8 Å². The fraction of sp³-hybridized carbons (Fsp3) is 0.290. The van der Waals surface area contributed by atoms with E-state index in [1.165, 1.54) is 0 Å². The van der Waals surface area contributed by atoms with Gasteiger partial charge in [0, 0.05) is 24.4 Å². The molecule has 0 aromatic heterocycles. The predicted molar refractivity (Wildman–Crippen MR) is 145 cm³/mol. The van der Waals surface area contributed by atoms with Crippen LogP contribution in [0.1, 0.15) is 51.5 Å². The van der Waals surface area contributed by atoms with Gasteiger partial charge in [-0.25, -0.2) is 0 Å². The summed E-state index contributed by atoms with van der Waals surface area (Å²) in [6, 6.07) is 24.2. The molecular weight excluding hydrogens is 464 g/mol. The van der Waals surface area contributed by atoms with E-state index in [0.29, 0.717) is 24.8 Å². The molecule has 0 spiro atoms. The van der Waals surface area contributed by atoms with Crippen molar-refractivity contribution in [3.8, 4) is 0 Å². The lowest BCUT2D eigenvalue weighted by atomic mass is 9.92. The fourth-order valence-corrected chi connectivity index (χ4v) is 4.86. The number of nitrogens with one attached hydrogen (secondary N) is 2. The summed E-state index contributed by atoms with van der Waals surface area (Å²) in [7, 11) is 0. The lowest BCUT2D eigenvalue weighted by molar-refractivity contribution is -0.127. The minimum absolute atomic E-state index is 0.0338. The van der Waals surface area contributed by atoms with Gasteiger partial charge in [0.15, 0.2) is 0 Å². The number of hydrogen-bond donors (Lipinski definition) is 4. The second-order valence-corrected chi connectivity index (χ2v) is 9.60. The highest BCUT2D eigenvalue weighted by Gasteiger charge is 2.34. The molecule has 1 aliphatic rings. The molecule has 4 rings (SSSR count). The van der Waals surface area contributed by atoms with Crippen LogP contribution in [0.5, 0.6) is 0 Å². The van der Waals surface area contributed by atoms with Crippen molar-refractivity contribution in [3.63, 3.8) is 0 Å². The Morgan fingerprint density at radius 2 is 1.70 bits per heavy atom. The van der Waals surface area contributed by atoms with Crippen LogP contribution in [0.4, 0.5) is 0 Å². The summed E-state index contributed by atoms with van der Waals surface area (Å²) in [5, 5.41) is 27.2. The molecule has 192 valence electrons. The molecule has 1 aliphatic carbocycles. The third-order valence-electron chi connectivity index (χ3n) is 6.96. The zero-order valence-corrected chi connectivity index (χ0v) is 20.8. The van der Waals surface area contributed by atoms with E-state index in [1.54, 1.807) is 30.3 Å². The molecule has 0 bridgehead atoms. The highest BCUT2D eigenvalue weighted by atomic mass is 16.3. The van der Waals surface area contributed by atoms with Crippen LogP contribution in [0.3, 0.4) is 0 Å². The van der Waals surface area contributed by atoms with Gasteiger partial charge >= 0.3 is 0 Å². The second-order valence-electron chi connectivity index (χ2n) is 9.60. The molecule has 6 heteroatoms. The summed E-state index contributed by atoms with van der Waals surface area (Å²) >= 11 is 0. The summed E-state index contributed by atoms with van der Waals surface area (Å²) < 4.78 is 0. The van der Waals surface area contributed by atoms with Crippen LogP contribution < -0.4 is 10.6 Å². The number of fused-ring (bicyclic) bond motifs is 1. The van der Waals surface area contributed by atoms with Crippen LogP contribution in [0.25, 0.3) is 6.08 Å². The van der Waals surface area contributed by atoms with E-state index in [0.717, 1.165) is 22.3 Å². The number of aliphatic hydroxyl groups excluding tert-OH is 2. The average Bonchev–Trinajstić information content (AvgIpc) is 3.24. The molecule has 3 aromatic carbocycles. The zero-order valence-electron chi connectivity index (χ0n) is 20.8. The highest BCUT2D eigenvalue weighted by Crippen LogP contribution is 2.32. The van der Waals surface area contributed by atoms with Gasteiger partial charge in [0.25, 0.3) is 5.91 Å². The van der Waals surface area contributed by atoms with Crippen LogP contribution in [-0.2, 0) is 17.6 Å². The van der Waals surface area contributed by atoms with Gasteiger partial charge < -0.3 is 20.8 Å². The maximum Gasteiger partial charge on any atom is 0.251 e. The molecule has 3 aromatic rings. The molecule has 0 saturated carbocycles. The first-order valence-electron chi connectivity index (χ1n) is 12.7. The van der Waals surface area contributed by atoms with Crippen molar-refractivity contribution in [1.82, 2.24) is 10.6 Å². The molecule has 0 saturated heterocycles. The van der Waals surface area contributed by atoms with Gasteiger partial charge in [0.2, 0.25) is 5.91 Å². The van der Waals surface area contributed by atoms with Crippen LogP contribution in [0, 0.1) is 5.92 Å². The summed E-state index contributed by atoms with van der Waals surface area (Å²) in [6.07, 6.45) is 2.02. The van der Waals surface area contributed by atoms with Gasteiger partial charge in [-0.15, -0.1) is 0 Å². The zero-order chi connectivity index (χ0) is 26.2. The van der Waals surface area contributed by atoms with Crippen molar-refractivity contribution in [2.24, 2.45) is 5.92 Å². The summed E-state index contributed by atoms with van der Waals surface area (Å²) in [5.41, 5.74) is 4.48. The topological polar surface area (TPSA) is 98.7 Å². The number of carbonyl (C=O) groups is 2. The first kappa shape index (κ1) is 26.3. The van der Waals surface area contributed by atoms with E-state index >= 15 is 0 Å². The van der Waals surface area contributed by atoms with Gasteiger partial charge in [-0.05, 0) is 53.6 Å². The Morgan fingerprint density at radius 1 is 1.00 bits per heavy atom. The molecule has 2 amide bonds. The molecule has 4 unspecified atom stereocenters. The first-order valence-corrected chi connectivity index (χ1v) is 12.7. The van der Waals surface area contributed by atoms with Crippen molar-refractivity contribution in [3.05, 3.63) is 113 Å². The SMILES string of the molecule is C=Cc1ccc(C(=O)NCC(O)CC(CCc2ccccc2)C(=O)NC2c3ccccc3CC2O)cc1. The molecular formula is C31H34N2O4. The smallest absolute Gasteiger partial charge is 0.251 e. The largest absolute Gasteiger partial charge is 0.391 e. The Labute approximate surface area is 218 Å². The number of amides is 2. The van der Waals surface area contributed by atoms with Gasteiger partial charge in [-0.2, -0.15) is 0 Å².